The Morgan fingerprint density at radius 2 is 1.90 bits per heavy atom. The Bertz CT molecular complexity index is 750. The number of aromatic nitrogens is 3. The molecule has 0 saturated carbocycles. The maximum Gasteiger partial charge on any atom is 0.143 e. The van der Waals surface area contributed by atoms with E-state index in [9.17, 15) is 5.11 Å². The summed E-state index contributed by atoms with van der Waals surface area (Å²) in [5, 5.41) is 18.1. The van der Waals surface area contributed by atoms with Crippen molar-refractivity contribution in [3.05, 3.63) is 47.5 Å². The van der Waals surface area contributed by atoms with Crippen LogP contribution in [0.4, 0.5) is 0 Å². The average Bonchev–Trinajstić information content (AvgIpc) is 3.03. The average molecular weight is 283 g/mol. The zero-order valence-electron chi connectivity index (χ0n) is 12.3. The lowest BCUT2D eigenvalue weighted by atomic mass is 10.1. The molecule has 0 saturated heterocycles. The van der Waals surface area contributed by atoms with Gasteiger partial charge in [-0.25, -0.2) is 4.68 Å². The van der Waals surface area contributed by atoms with E-state index in [0.29, 0.717) is 0 Å². The van der Waals surface area contributed by atoms with E-state index < -0.39 is 0 Å². The SMILES string of the molecule is CCc1cc(-c2c(C)noc2C)n(-c2ccc(O)cc2)n1. The second kappa shape index (κ2) is 5.09. The van der Waals surface area contributed by atoms with E-state index in [0.717, 1.165) is 40.5 Å². The van der Waals surface area contributed by atoms with Gasteiger partial charge in [-0.1, -0.05) is 12.1 Å². The van der Waals surface area contributed by atoms with Crippen LogP contribution in [0.15, 0.2) is 34.9 Å². The topological polar surface area (TPSA) is 64.1 Å². The highest BCUT2D eigenvalue weighted by atomic mass is 16.5. The minimum absolute atomic E-state index is 0.237. The molecule has 108 valence electrons. The summed E-state index contributed by atoms with van der Waals surface area (Å²) >= 11 is 0. The number of aromatic hydroxyl groups is 1. The molecule has 0 aliphatic rings. The molecule has 1 aromatic carbocycles. The van der Waals surface area contributed by atoms with Crippen LogP contribution in [0.2, 0.25) is 0 Å². The van der Waals surface area contributed by atoms with Crippen LogP contribution in [-0.2, 0) is 6.42 Å². The molecule has 0 spiro atoms. The van der Waals surface area contributed by atoms with Crippen molar-refractivity contribution in [1.29, 1.82) is 0 Å². The maximum atomic E-state index is 9.44. The largest absolute Gasteiger partial charge is 0.508 e. The normalized spacial score (nSPS) is 11.0. The molecule has 0 aliphatic heterocycles. The van der Waals surface area contributed by atoms with Gasteiger partial charge in [-0.2, -0.15) is 5.10 Å². The Morgan fingerprint density at radius 3 is 2.48 bits per heavy atom. The Hall–Kier alpha value is -2.56. The molecule has 0 fully saturated rings. The first-order valence-electron chi connectivity index (χ1n) is 6.91. The third-order valence-corrected chi connectivity index (χ3v) is 3.51. The molecule has 2 aromatic heterocycles. The molecule has 3 aromatic rings. The molecule has 5 heteroatoms. The molecule has 3 rings (SSSR count). The lowest BCUT2D eigenvalue weighted by Crippen LogP contribution is -2.00. The Kier molecular flexibility index (Phi) is 3.25. The Morgan fingerprint density at radius 1 is 1.19 bits per heavy atom. The summed E-state index contributed by atoms with van der Waals surface area (Å²) in [5.41, 5.74) is 4.65. The van der Waals surface area contributed by atoms with Gasteiger partial charge in [0.2, 0.25) is 0 Å². The molecule has 0 bridgehead atoms. The molecule has 5 nitrogen and oxygen atoms in total. The van der Waals surface area contributed by atoms with Crippen LogP contribution in [0, 0.1) is 13.8 Å². The van der Waals surface area contributed by atoms with E-state index in [2.05, 4.69) is 23.2 Å². The highest BCUT2D eigenvalue weighted by molar-refractivity contribution is 5.66. The highest BCUT2D eigenvalue weighted by Gasteiger charge is 2.18. The standard InChI is InChI=1S/C16H17N3O2/c1-4-12-9-15(16-10(2)18-21-11(16)3)19(17-12)13-5-7-14(20)8-6-13/h5-9,20H,4H2,1-3H3. The van der Waals surface area contributed by atoms with Gasteiger partial charge >= 0.3 is 0 Å². The summed E-state index contributed by atoms with van der Waals surface area (Å²) in [6.07, 6.45) is 0.849. The molecule has 0 atom stereocenters. The summed E-state index contributed by atoms with van der Waals surface area (Å²) in [6, 6.07) is 9.03. The lowest BCUT2D eigenvalue weighted by molar-refractivity contribution is 0.393. The van der Waals surface area contributed by atoms with E-state index in [4.69, 9.17) is 4.52 Å². The number of rotatable bonds is 3. The molecule has 0 unspecified atom stereocenters. The van der Waals surface area contributed by atoms with Crippen molar-refractivity contribution in [3.63, 3.8) is 0 Å². The monoisotopic (exact) mass is 283 g/mol. The van der Waals surface area contributed by atoms with E-state index in [-0.39, 0.29) is 5.75 Å². The second-order valence-electron chi connectivity index (χ2n) is 5.00. The van der Waals surface area contributed by atoms with Crippen molar-refractivity contribution in [1.82, 2.24) is 14.9 Å². The van der Waals surface area contributed by atoms with Gasteiger partial charge in [0, 0.05) is 0 Å². The first-order chi connectivity index (χ1) is 10.1. The van der Waals surface area contributed by atoms with Crippen LogP contribution in [0.25, 0.3) is 16.9 Å². The summed E-state index contributed by atoms with van der Waals surface area (Å²) in [6.45, 7) is 5.89. The van der Waals surface area contributed by atoms with Gasteiger partial charge < -0.3 is 9.63 Å². The fraction of sp³-hybridized carbons (Fsp3) is 0.250. The molecule has 0 aliphatic carbocycles. The van der Waals surface area contributed by atoms with Crippen molar-refractivity contribution in [2.45, 2.75) is 27.2 Å². The van der Waals surface area contributed by atoms with Crippen molar-refractivity contribution in [3.8, 4) is 22.7 Å². The van der Waals surface area contributed by atoms with E-state index in [1.807, 2.05) is 30.7 Å². The van der Waals surface area contributed by atoms with Crippen LogP contribution in [0.5, 0.6) is 5.75 Å². The zero-order chi connectivity index (χ0) is 15.0. The van der Waals surface area contributed by atoms with Crippen LogP contribution >= 0.6 is 0 Å². The van der Waals surface area contributed by atoms with Gasteiger partial charge in [-0.15, -0.1) is 0 Å². The van der Waals surface area contributed by atoms with Gasteiger partial charge in [0.15, 0.2) is 0 Å². The van der Waals surface area contributed by atoms with E-state index >= 15 is 0 Å². The summed E-state index contributed by atoms with van der Waals surface area (Å²) in [7, 11) is 0. The van der Waals surface area contributed by atoms with Crippen LogP contribution < -0.4 is 0 Å². The smallest absolute Gasteiger partial charge is 0.143 e. The van der Waals surface area contributed by atoms with Gasteiger partial charge in [0.05, 0.1) is 28.3 Å². The first-order valence-corrected chi connectivity index (χ1v) is 6.91. The molecule has 2 heterocycles. The predicted molar refractivity (Wildman–Crippen MR) is 79.6 cm³/mol. The van der Waals surface area contributed by atoms with Gasteiger partial charge in [-0.05, 0) is 50.6 Å². The number of phenolic OH excluding ortho intramolecular Hbond substituents is 1. The van der Waals surface area contributed by atoms with Crippen LogP contribution in [-0.4, -0.2) is 20.0 Å². The van der Waals surface area contributed by atoms with Crippen LogP contribution in [0.3, 0.4) is 0 Å². The maximum absolute atomic E-state index is 9.44. The van der Waals surface area contributed by atoms with Crippen molar-refractivity contribution in [2.24, 2.45) is 0 Å². The minimum Gasteiger partial charge on any atom is -0.508 e. The van der Waals surface area contributed by atoms with Gasteiger partial charge in [0.25, 0.3) is 0 Å². The first kappa shape index (κ1) is 13.4. The van der Waals surface area contributed by atoms with Gasteiger partial charge in [-0.3, -0.25) is 0 Å². The molecule has 21 heavy (non-hydrogen) atoms. The molecule has 1 N–H and O–H groups in total. The third-order valence-electron chi connectivity index (χ3n) is 3.51. The third kappa shape index (κ3) is 2.31. The fourth-order valence-corrected chi connectivity index (χ4v) is 2.42. The number of aryl methyl sites for hydroxylation is 3. The lowest BCUT2D eigenvalue weighted by Gasteiger charge is -2.07. The highest BCUT2D eigenvalue weighted by Crippen LogP contribution is 2.30. The van der Waals surface area contributed by atoms with Gasteiger partial charge in [0.1, 0.15) is 11.5 Å². The van der Waals surface area contributed by atoms with E-state index in [1.54, 1.807) is 12.1 Å². The number of hydrogen-bond donors (Lipinski definition) is 1. The number of phenols is 1. The molecule has 0 amide bonds. The minimum atomic E-state index is 0.237. The predicted octanol–water partition coefficient (Wildman–Crippen LogP) is 3.41. The number of nitrogens with zero attached hydrogens (tertiary/aromatic N) is 3. The Balaban J connectivity index is 2.21. The summed E-state index contributed by atoms with van der Waals surface area (Å²) in [5.74, 6) is 1.01. The van der Waals surface area contributed by atoms with Crippen LogP contribution in [0.1, 0.15) is 24.1 Å². The Labute approximate surface area is 122 Å². The zero-order valence-corrected chi connectivity index (χ0v) is 12.3. The van der Waals surface area contributed by atoms with E-state index in [1.165, 1.54) is 0 Å². The fourth-order valence-electron chi connectivity index (χ4n) is 2.42. The summed E-state index contributed by atoms with van der Waals surface area (Å²) < 4.78 is 7.14. The number of benzene rings is 1. The second-order valence-corrected chi connectivity index (χ2v) is 5.00. The van der Waals surface area contributed by atoms with Crippen molar-refractivity contribution in [2.75, 3.05) is 0 Å². The van der Waals surface area contributed by atoms with Crippen molar-refractivity contribution < 1.29 is 9.63 Å². The molecular formula is C16H17N3O2. The number of hydrogen-bond acceptors (Lipinski definition) is 4. The van der Waals surface area contributed by atoms with Crippen molar-refractivity contribution >= 4 is 0 Å². The molecule has 0 radical (unpaired) electrons. The quantitative estimate of drug-likeness (QED) is 0.800. The molecular weight excluding hydrogens is 266 g/mol. The summed E-state index contributed by atoms with van der Waals surface area (Å²) in [4.78, 5) is 0.